The van der Waals surface area contributed by atoms with Gasteiger partial charge in [0.05, 0.1) is 29.5 Å². The van der Waals surface area contributed by atoms with Gasteiger partial charge >= 0.3 is 0 Å². The molecule has 1 amide bonds. The number of anilines is 3. The molecule has 9 rings (SSSR count). The molecule has 16 nitrogen and oxygen atoms in total. The zero-order valence-corrected chi connectivity index (χ0v) is 41.4. The maximum atomic E-state index is 13.1. The van der Waals surface area contributed by atoms with E-state index in [2.05, 4.69) is 70.7 Å². The molecule has 1 aliphatic carbocycles. The largest absolute Gasteiger partial charge is 0.490 e. The smallest absolute Gasteiger partial charge is 0.272 e. The van der Waals surface area contributed by atoms with Crippen molar-refractivity contribution in [1.82, 2.24) is 40.0 Å². The zero-order chi connectivity index (χ0) is 48.2. The molecule has 0 unspecified atom stereocenters. The fourth-order valence-corrected chi connectivity index (χ4v) is 11.0. The molecule has 3 N–H and O–H groups in total. The van der Waals surface area contributed by atoms with Crippen molar-refractivity contribution in [1.29, 1.82) is 5.26 Å². The van der Waals surface area contributed by atoms with Crippen molar-refractivity contribution in [2.75, 3.05) is 67.6 Å². The number of ether oxygens (including phenoxy) is 2. The van der Waals surface area contributed by atoms with Gasteiger partial charge in [0, 0.05) is 81.4 Å². The Balaban J connectivity index is 0.638. The maximum absolute atomic E-state index is 13.1. The molecule has 3 saturated heterocycles. The number of pyridine rings is 1. The molecular formula is C53H69ClN12O4. The molecule has 0 bridgehead atoms. The van der Waals surface area contributed by atoms with Crippen LogP contribution in [0.3, 0.4) is 0 Å². The number of aliphatic hydroxyl groups excluding tert-OH is 1. The zero-order valence-electron chi connectivity index (χ0n) is 40.7. The third-order valence-electron chi connectivity index (χ3n) is 15.0. The van der Waals surface area contributed by atoms with E-state index in [1.54, 1.807) is 24.3 Å². The summed E-state index contributed by atoms with van der Waals surface area (Å²) in [6.45, 7) is 9.91. The van der Waals surface area contributed by atoms with Crippen molar-refractivity contribution in [2.45, 2.75) is 128 Å². The predicted octanol–water partition coefficient (Wildman–Crippen LogP) is 8.26. The van der Waals surface area contributed by atoms with Crippen LogP contribution >= 0.6 is 11.6 Å². The highest BCUT2D eigenvalue weighted by Gasteiger charge is 2.28. The van der Waals surface area contributed by atoms with Gasteiger partial charge in [-0.05, 0) is 151 Å². The van der Waals surface area contributed by atoms with Crippen molar-refractivity contribution in [3.05, 3.63) is 88.3 Å². The topological polar surface area (TPSA) is 182 Å². The van der Waals surface area contributed by atoms with Gasteiger partial charge in [-0.25, -0.2) is 9.97 Å². The van der Waals surface area contributed by atoms with Gasteiger partial charge in [0.25, 0.3) is 5.91 Å². The number of piperidine rings is 3. The van der Waals surface area contributed by atoms with E-state index < -0.39 is 0 Å². The molecular weight excluding hydrogens is 904 g/mol. The summed E-state index contributed by atoms with van der Waals surface area (Å²) in [5.41, 5.74) is 3.83. The number of aromatic nitrogens is 6. The summed E-state index contributed by atoms with van der Waals surface area (Å²) in [5, 5.41) is 39.5. The van der Waals surface area contributed by atoms with Crippen LogP contribution in [0.15, 0.2) is 60.9 Å². The molecule has 4 aliphatic rings. The number of carbonyl (C=O) groups is 1. The van der Waals surface area contributed by atoms with Gasteiger partial charge in [-0.3, -0.25) is 4.79 Å². The number of nitrogens with zero attached hydrogens (tertiary/aromatic N) is 10. The number of hydrogen-bond donors (Lipinski definition) is 3. The lowest BCUT2D eigenvalue weighted by Gasteiger charge is -2.38. The highest BCUT2D eigenvalue weighted by Crippen LogP contribution is 2.31. The van der Waals surface area contributed by atoms with Gasteiger partial charge in [-0.1, -0.05) is 24.6 Å². The highest BCUT2D eigenvalue weighted by molar-refractivity contribution is 6.31. The Bertz CT molecular complexity index is 2510. The fourth-order valence-electron chi connectivity index (χ4n) is 10.8. The van der Waals surface area contributed by atoms with Gasteiger partial charge in [0.15, 0.2) is 17.2 Å². The minimum absolute atomic E-state index is 0.0399. The van der Waals surface area contributed by atoms with Crippen LogP contribution in [0.4, 0.5) is 17.5 Å². The van der Waals surface area contributed by atoms with Crippen LogP contribution in [-0.4, -0.2) is 116 Å². The number of likely N-dealkylation sites (tertiary alicyclic amines) is 1. The number of amides is 1. The van der Waals surface area contributed by atoms with Crippen molar-refractivity contribution >= 4 is 40.6 Å². The Morgan fingerprint density at radius 1 is 0.886 bits per heavy atom. The lowest BCUT2D eigenvalue weighted by atomic mass is 9.90. The molecule has 7 heterocycles. The Kier molecular flexibility index (Phi) is 16.8. The molecule has 0 spiro atoms. The fraction of sp³-hybridized carbons (Fsp3) is 0.566. The van der Waals surface area contributed by atoms with E-state index in [1.165, 1.54) is 25.7 Å². The molecule has 372 valence electrons. The number of benzene rings is 1. The van der Waals surface area contributed by atoms with E-state index in [0.717, 1.165) is 150 Å². The molecule has 4 fully saturated rings. The normalized spacial score (nSPS) is 20.6. The number of hydrogen-bond acceptors (Lipinski definition) is 14. The second-order valence-corrected chi connectivity index (χ2v) is 20.1. The first-order valence-electron chi connectivity index (χ1n) is 25.9. The van der Waals surface area contributed by atoms with Crippen LogP contribution in [0.2, 0.25) is 5.02 Å². The molecule has 1 atom stereocenters. The van der Waals surface area contributed by atoms with Gasteiger partial charge in [0.1, 0.15) is 23.5 Å². The number of aryl methyl sites for hydroxylation is 1. The Hall–Kier alpha value is -5.76. The first kappa shape index (κ1) is 49.2. The monoisotopic (exact) mass is 973 g/mol. The first-order valence-corrected chi connectivity index (χ1v) is 26.2. The van der Waals surface area contributed by atoms with Crippen molar-refractivity contribution in [3.63, 3.8) is 0 Å². The Morgan fingerprint density at radius 3 is 2.44 bits per heavy atom. The molecule has 3 aliphatic heterocycles. The van der Waals surface area contributed by atoms with Crippen LogP contribution in [0.1, 0.15) is 124 Å². The molecule has 5 aromatic rings. The minimum Gasteiger partial charge on any atom is -0.490 e. The lowest BCUT2D eigenvalue weighted by Crippen LogP contribution is -2.42. The van der Waals surface area contributed by atoms with E-state index in [0.29, 0.717) is 53.0 Å². The molecule has 1 aromatic carbocycles. The van der Waals surface area contributed by atoms with Crippen molar-refractivity contribution < 1.29 is 19.4 Å². The summed E-state index contributed by atoms with van der Waals surface area (Å²) in [5.74, 6) is 5.22. The average Bonchev–Trinajstić information content (AvgIpc) is 3.82. The van der Waals surface area contributed by atoms with E-state index in [9.17, 15) is 9.90 Å². The number of nitrogens with one attached hydrogen (secondary N) is 2. The first-order chi connectivity index (χ1) is 34.3. The predicted molar refractivity (Wildman–Crippen MR) is 272 cm³/mol. The van der Waals surface area contributed by atoms with Crippen LogP contribution in [0, 0.1) is 23.2 Å². The van der Waals surface area contributed by atoms with Gasteiger partial charge in [-0.2, -0.15) is 14.9 Å². The van der Waals surface area contributed by atoms with Crippen LogP contribution < -0.4 is 29.9 Å². The summed E-state index contributed by atoms with van der Waals surface area (Å²) in [6, 6.07) is 17.4. The van der Waals surface area contributed by atoms with E-state index >= 15 is 0 Å². The molecule has 70 heavy (non-hydrogen) atoms. The quantitative estimate of drug-likeness (QED) is 0.0673. The summed E-state index contributed by atoms with van der Waals surface area (Å²) < 4.78 is 14.1. The third kappa shape index (κ3) is 12.6. The number of nitriles is 1. The minimum atomic E-state index is -0.192. The number of carbonyl (C=O) groups excluding carboxylic acids is 1. The number of fused-ring (bicyclic) bond motifs is 1. The van der Waals surface area contributed by atoms with Crippen LogP contribution in [0.25, 0.3) is 5.65 Å². The van der Waals surface area contributed by atoms with E-state index in [-0.39, 0.29) is 24.7 Å². The number of halogens is 1. The molecule has 4 aromatic heterocycles. The van der Waals surface area contributed by atoms with Crippen molar-refractivity contribution in [3.8, 4) is 17.7 Å². The van der Waals surface area contributed by atoms with Gasteiger partial charge < -0.3 is 39.9 Å². The average molecular weight is 974 g/mol. The van der Waals surface area contributed by atoms with Gasteiger partial charge in [0.2, 0.25) is 5.88 Å². The third-order valence-corrected chi connectivity index (χ3v) is 15.3. The van der Waals surface area contributed by atoms with Gasteiger partial charge in [-0.15, -0.1) is 10.2 Å². The Morgan fingerprint density at radius 2 is 1.71 bits per heavy atom. The SMILES string of the molecule is CCc1cnn2c(NCc3ccc(OCCCC4CCN(CC5CCN(c6ccc(C(=O)N[C@H]7CC[C@H](Oc8ccc(C#N)c(Cl)c8)CC7)nn6)CC5)CC4)nc3)cc(N3CCCC[C@H]3CCO)nc12. The van der Waals surface area contributed by atoms with E-state index in [1.807, 2.05) is 29.0 Å². The molecule has 17 heteroatoms. The summed E-state index contributed by atoms with van der Waals surface area (Å²) in [7, 11) is 0. The van der Waals surface area contributed by atoms with E-state index in [4.69, 9.17) is 31.3 Å². The van der Waals surface area contributed by atoms with Crippen LogP contribution in [0.5, 0.6) is 11.6 Å². The number of rotatable bonds is 19. The summed E-state index contributed by atoms with van der Waals surface area (Å²) >= 11 is 6.17. The van der Waals surface area contributed by atoms with Crippen molar-refractivity contribution in [2.24, 2.45) is 11.8 Å². The standard InChI is InChI=1S/C53H69ClN12O4/c1-2-40-35-58-66-49(31-50(60-52(40)66)65-23-4-3-7-43(65)22-28-67)56-33-39-8-17-51(57-34-39)69-29-5-6-37-18-24-63(25-19-37)36-38-20-26-64(27-21-38)48-16-15-47(61-62-48)53(68)59-42-10-13-44(14-11-42)70-45-12-9-41(32-55)46(54)30-45/h8-9,12,15-17,30-31,34-35,37-38,42-44,56,67H,2-7,10-11,13-14,18-29,33,36H2,1H3,(H,59,68)/t42-,43-,44-/m0/s1. The summed E-state index contributed by atoms with van der Waals surface area (Å²) in [4.78, 5) is 30.1. The molecule has 1 saturated carbocycles. The highest BCUT2D eigenvalue weighted by atomic mass is 35.5. The second kappa shape index (κ2) is 23.9. The summed E-state index contributed by atoms with van der Waals surface area (Å²) in [6.07, 6.45) is 19.0. The Labute approximate surface area is 417 Å². The lowest BCUT2D eigenvalue weighted by molar-refractivity contribution is 0.0888. The number of aliphatic hydroxyl groups is 1. The second-order valence-electron chi connectivity index (χ2n) is 19.7. The molecule has 0 radical (unpaired) electrons. The van der Waals surface area contributed by atoms with Crippen LogP contribution in [-0.2, 0) is 13.0 Å². The maximum Gasteiger partial charge on any atom is 0.272 e.